The zero-order chi connectivity index (χ0) is 12.4. The second-order valence-electron chi connectivity index (χ2n) is 3.76. The third-order valence-corrected chi connectivity index (χ3v) is 2.45. The number of carboxylic acid groups (broad SMARTS) is 1. The molecule has 0 saturated heterocycles. The van der Waals surface area contributed by atoms with Gasteiger partial charge in [0.05, 0.1) is 5.52 Å². The Kier molecular flexibility index (Phi) is 2.78. The molecular weight excluding hydrogens is 218 g/mol. The van der Waals surface area contributed by atoms with Gasteiger partial charge >= 0.3 is 5.97 Å². The summed E-state index contributed by atoms with van der Waals surface area (Å²) in [6.07, 6.45) is 3.52. The highest BCUT2D eigenvalue weighted by Crippen LogP contribution is 2.17. The normalized spacial score (nSPS) is 11.1. The van der Waals surface area contributed by atoms with Crippen molar-refractivity contribution in [2.24, 2.45) is 0 Å². The number of hydrogen-bond donors (Lipinski definition) is 1. The van der Waals surface area contributed by atoms with Gasteiger partial charge in [-0.05, 0) is 25.1 Å². The Labute approximate surface area is 97.8 Å². The Morgan fingerprint density at radius 3 is 2.71 bits per heavy atom. The summed E-state index contributed by atoms with van der Waals surface area (Å²) in [5.74, 6) is -1.50. The summed E-state index contributed by atoms with van der Waals surface area (Å²) in [4.78, 5) is 22.1. The SMILES string of the molecule is Cc1ccc2c(ccn2C(=O)/C=C/C(=O)O)c1. The first-order valence-electron chi connectivity index (χ1n) is 5.11. The van der Waals surface area contributed by atoms with E-state index in [9.17, 15) is 9.59 Å². The van der Waals surface area contributed by atoms with Crippen LogP contribution in [0.1, 0.15) is 10.4 Å². The fraction of sp³-hybridized carbons (Fsp3) is 0.0769. The maximum Gasteiger partial charge on any atom is 0.328 e. The van der Waals surface area contributed by atoms with E-state index in [1.807, 2.05) is 31.2 Å². The number of benzene rings is 1. The summed E-state index contributed by atoms with van der Waals surface area (Å²) in [6, 6.07) is 7.55. The van der Waals surface area contributed by atoms with Gasteiger partial charge in [-0.2, -0.15) is 0 Å². The Morgan fingerprint density at radius 2 is 2.00 bits per heavy atom. The van der Waals surface area contributed by atoms with Crippen LogP contribution < -0.4 is 0 Å². The fourth-order valence-corrected chi connectivity index (χ4v) is 1.68. The van der Waals surface area contributed by atoms with Gasteiger partial charge in [-0.15, -0.1) is 0 Å². The average Bonchev–Trinajstić information content (AvgIpc) is 2.68. The molecule has 0 bridgehead atoms. The van der Waals surface area contributed by atoms with E-state index in [2.05, 4.69) is 0 Å². The summed E-state index contributed by atoms with van der Waals surface area (Å²) in [7, 11) is 0. The fourth-order valence-electron chi connectivity index (χ4n) is 1.68. The van der Waals surface area contributed by atoms with Gasteiger partial charge in [0.1, 0.15) is 0 Å². The number of allylic oxidation sites excluding steroid dienone is 1. The molecular formula is C13H11NO3. The van der Waals surface area contributed by atoms with Crippen molar-refractivity contribution in [1.82, 2.24) is 4.57 Å². The molecule has 4 heteroatoms. The van der Waals surface area contributed by atoms with Crippen LogP contribution in [0, 0.1) is 6.92 Å². The molecule has 1 aromatic carbocycles. The van der Waals surface area contributed by atoms with E-state index in [0.29, 0.717) is 0 Å². The maximum atomic E-state index is 11.7. The molecule has 0 aliphatic rings. The van der Waals surface area contributed by atoms with E-state index < -0.39 is 5.97 Å². The van der Waals surface area contributed by atoms with E-state index in [0.717, 1.165) is 28.6 Å². The Bertz CT molecular complexity index is 623. The monoisotopic (exact) mass is 229 g/mol. The molecule has 1 aromatic heterocycles. The highest BCUT2D eigenvalue weighted by atomic mass is 16.4. The van der Waals surface area contributed by atoms with E-state index in [-0.39, 0.29) is 5.91 Å². The zero-order valence-corrected chi connectivity index (χ0v) is 9.25. The number of aromatic nitrogens is 1. The molecule has 0 radical (unpaired) electrons. The molecule has 1 N–H and O–H groups in total. The number of rotatable bonds is 2. The lowest BCUT2D eigenvalue weighted by Gasteiger charge is -2.00. The van der Waals surface area contributed by atoms with Crippen molar-refractivity contribution in [3.05, 3.63) is 48.2 Å². The lowest BCUT2D eigenvalue weighted by atomic mass is 10.2. The number of hydrogen-bond acceptors (Lipinski definition) is 2. The van der Waals surface area contributed by atoms with Crippen molar-refractivity contribution < 1.29 is 14.7 Å². The first-order valence-corrected chi connectivity index (χ1v) is 5.11. The molecule has 17 heavy (non-hydrogen) atoms. The van der Waals surface area contributed by atoms with Gasteiger partial charge in [0.25, 0.3) is 5.91 Å². The van der Waals surface area contributed by atoms with Crippen molar-refractivity contribution in [2.75, 3.05) is 0 Å². The zero-order valence-electron chi connectivity index (χ0n) is 9.25. The van der Waals surface area contributed by atoms with E-state index in [1.165, 1.54) is 4.57 Å². The molecule has 86 valence electrons. The minimum absolute atomic E-state index is 0.369. The average molecular weight is 229 g/mol. The summed E-state index contributed by atoms with van der Waals surface area (Å²) >= 11 is 0. The van der Waals surface area contributed by atoms with Crippen molar-refractivity contribution in [2.45, 2.75) is 6.92 Å². The smallest absolute Gasteiger partial charge is 0.328 e. The largest absolute Gasteiger partial charge is 0.478 e. The molecule has 0 atom stereocenters. The van der Waals surface area contributed by atoms with Crippen LogP contribution in [0.3, 0.4) is 0 Å². The molecule has 0 spiro atoms. The summed E-state index contributed by atoms with van der Waals surface area (Å²) < 4.78 is 1.42. The number of carboxylic acids is 1. The molecule has 0 aliphatic heterocycles. The van der Waals surface area contributed by atoms with Crippen LogP contribution >= 0.6 is 0 Å². The van der Waals surface area contributed by atoms with Crippen LogP contribution in [-0.4, -0.2) is 21.6 Å². The number of nitrogens with zero attached hydrogens (tertiary/aromatic N) is 1. The number of carbonyl (C=O) groups is 2. The molecule has 2 rings (SSSR count). The maximum absolute atomic E-state index is 11.7. The van der Waals surface area contributed by atoms with Gasteiger partial charge in [0, 0.05) is 23.7 Å². The highest BCUT2D eigenvalue weighted by Gasteiger charge is 2.06. The van der Waals surface area contributed by atoms with Gasteiger partial charge in [0.15, 0.2) is 0 Å². The minimum atomic E-state index is -1.13. The number of aryl methyl sites for hydroxylation is 1. The van der Waals surface area contributed by atoms with Crippen molar-refractivity contribution in [3.8, 4) is 0 Å². The molecule has 0 aliphatic carbocycles. The van der Waals surface area contributed by atoms with E-state index in [4.69, 9.17) is 5.11 Å². The topological polar surface area (TPSA) is 59.3 Å². The van der Waals surface area contributed by atoms with Gasteiger partial charge in [-0.25, -0.2) is 4.79 Å². The second-order valence-corrected chi connectivity index (χ2v) is 3.76. The van der Waals surface area contributed by atoms with Gasteiger partial charge < -0.3 is 5.11 Å². The predicted octanol–water partition coefficient (Wildman–Crippen LogP) is 2.23. The Hall–Kier alpha value is -2.36. The van der Waals surface area contributed by atoms with Crippen LogP contribution in [0.2, 0.25) is 0 Å². The predicted molar refractivity (Wildman–Crippen MR) is 64.1 cm³/mol. The van der Waals surface area contributed by atoms with Crippen LogP contribution in [0.15, 0.2) is 42.6 Å². The van der Waals surface area contributed by atoms with Crippen molar-refractivity contribution >= 4 is 22.8 Å². The molecule has 2 aromatic rings. The standard InChI is InChI=1S/C13H11NO3/c1-9-2-3-11-10(8-9)6-7-14(11)12(15)4-5-13(16)17/h2-8H,1H3,(H,16,17)/b5-4+. The van der Waals surface area contributed by atoms with Gasteiger partial charge in [-0.1, -0.05) is 11.6 Å². The lowest BCUT2D eigenvalue weighted by molar-refractivity contribution is -0.131. The molecule has 0 unspecified atom stereocenters. The van der Waals surface area contributed by atoms with E-state index in [1.54, 1.807) is 6.20 Å². The summed E-state index contributed by atoms with van der Waals surface area (Å²) in [6.45, 7) is 1.98. The minimum Gasteiger partial charge on any atom is -0.478 e. The van der Waals surface area contributed by atoms with Gasteiger partial charge in [-0.3, -0.25) is 9.36 Å². The van der Waals surface area contributed by atoms with E-state index >= 15 is 0 Å². The summed E-state index contributed by atoms with van der Waals surface area (Å²) in [5, 5.41) is 9.42. The molecule has 0 fully saturated rings. The first-order chi connectivity index (χ1) is 8.08. The molecule has 0 amide bonds. The molecule has 0 saturated carbocycles. The Morgan fingerprint density at radius 1 is 1.24 bits per heavy atom. The third-order valence-electron chi connectivity index (χ3n) is 2.45. The molecule has 4 nitrogen and oxygen atoms in total. The molecule has 1 heterocycles. The van der Waals surface area contributed by atoms with Crippen LogP contribution in [0.25, 0.3) is 10.9 Å². The van der Waals surface area contributed by atoms with Crippen LogP contribution in [-0.2, 0) is 4.79 Å². The van der Waals surface area contributed by atoms with Crippen LogP contribution in [0.5, 0.6) is 0 Å². The second kappa shape index (κ2) is 4.25. The first kappa shape index (κ1) is 11.1. The lowest BCUT2D eigenvalue weighted by Crippen LogP contribution is -2.06. The highest BCUT2D eigenvalue weighted by molar-refractivity contribution is 6.00. The van der Waals surface area contributed by atoms with Gasteiger partial charge in [0.2, 0.25) is 0 Å². The van der Waals surface area contributed by atoms with Crippen molar-refractivity contribution in [3.63, 3.8) is 0 Å². The number of carbonyl (C=O) groups excluding carboxylic acids is 1. The number of aliphatic carboxylic acids is 1. The van der Waals surface area contributed by atoms with Crippen LogP contribution in [0.4, 0.5) is 0 Å². The third kappa shape index (κ3) is 2.25. The Balaban J connectivity index is 2.43. The van der Waals surface area contributed by atoms with Crippen molar-refractivity contribution in [1.29, 1.82) is 0 Å². The quantitative estimate of drug-likeness (QED) is 0.803. The summed E-state index contributed by atoms with van der Waals surface area (Å²) in [5.41, 5.74) is 1.89. The number of fused-ring (bicyclic) bond motifs is 1.